The van der Waals surface area contributed by atoms with Crippen LogP contribution in [0.3, 0.4) is 0 Å². The molecular weight excluding hydrogens is 260 g/mol. The van der Waals surface area contributed by atoms with Crippen LogP contribution in [0.2, 0.25) is 0 Å². The molecule has 0 atom stereocenters. The van der Waals surface area contributed by atoms with Crippen molar-refractivity contribution in [3.05, 3.63) is 35.7 Å². The van der Waals surface area contributed by atoms with Crippen molar-refractivity contribution < 1.29 is 18.7 Å². The first-order valence-corrected chi connectivity index (χ1v) is 6.17. The molecule has 0 aliphatic heterocycles. The number of methoxy groups -OCH3 is 3. The Balaban J connectivity index is 2.12. The lowest BCUT2D eigenvalue weighted by atomic mass is 10.1. The van der Waals surface area contributed by atoms with Gasteiger partial charge in [0.15, 0.2) is 0 Å². The van der Waals surface area contributed by atoms with Gasteiger partial charge in [0.25, 0.3) is 0 Å². The Kier molecular flexibility index (Phi) is 4.84. The summed E-state index contributed by atoms with van der Waals surface area (Å²) in [6.45, 7) is 1.16. The van der Waals surface area contributed by atoms with E-state index in [0.29, 0.717) is 30.3 Å². The molecule has 0 aliphatic carbocycles. The van der Waals surface area contributed by atoms with Crippen molar-refractivity contribution >= 4 is 0 Å². The summed E-state index contributed by atoms with van der Waals surface area (Å²) in [5.41, 5.74) is 0.926. The lowest BCUT2D eigenvalue weighted by molar-refractivity contribution is 0.359. The molecule has 6 nitrogen and oxygen atoms in total. The highest BCUT2D eigenvalue weighted by Crippen LogP contribution is 2.33. The predicted molar refractivity (Wildman–Crippen MR) is 73.1 cm³/mol. The number of nitrogens with zero attached hydrogens (tertiary/aromatic N) is 1. The lowest BCUT2D eigenvalue weighted by Gasteiger charge is -2.15. The zero-order valence-electron chi connectivity index (χ0n) is 11.8. The average molecular weight is 278 g/mol. The van der Waals surface area contributed by atoms with Crippen LogP contribution in [0.5, 0.6) is 17.2 Å². The van der Waals surface area contributed by atoms with Gasteiger partial charge in [-0.3, -0.25) is 0 Å². The second-order valence-corrected chi connectivity index (χ2v) is 4.09. The smallest absolute Gasteiger partial charge is 0.150 e. The maximum atomic E-state index is 5.38. The fraction of sp³-hybridized carbons (Fsp3) is 0.357. The van der Waals surface area contributed by atoms with Crippen LogP contribution in [0.25, 0.3) is 0 Å². The summed E-state index contributed by atoms with van der Waals surface area (Å²) in [6.07, 6.45) is 1.62. The van der Waals surface area contributed by atoms with E-state index in [4.69, 9.17) is 18.7 Å². The van der Waals surface area contributed by atoms with Crippen molar-refractivity contribution in [1.29, 1.82) is 0 Å². The highest BCUT2D eigenvalue weighted by atomic mass is 16.5. The number of hydrogen-bond donors (Lipinski definition) is 1. The van der Waals surface area contributed by atoms with Crippen LogP contribution in [0.4, 0.5) is 0 Å². The third kappa shape index (κ3) is 3.21. The zero-order valence-corrected chi connectivity index (χ0v) is 11.8. The Morgan fingerprint density at radius 1 is 1.05 bits per heavy atom. The second-order valence-electron chi connectivity index (χ2n) is 4.09. The Labute approximate surface area is 117 Å². The minimum atomic E-state index is 0.580. The molecule has 0 radical (unpaired) electrons. The first-order valence-electron chi connectivity index (χ1n) is 6.17. The van der Waals surface area contributed by atoms with Gasteiger partial charge >= 0.3 is 0 Å². The Morgan fingerprint density at radius 2 is 1.75 bits per heavy atom. The molecule has 1 heterocycles. The van der Waals surface area contributed by atoms with E-state index in [1.165, 1.54) is 0 Å². The molecule has 108 valence electrons. The summed E-state index contributed by atoms with van der Waals surface area (Å²) in [5.74, 6) is 2.90. The fourth-order valence-corrected chi connectivity index (χ4v) is 1.90. The first-order chi connectivity index (χ1) is 9.78. The second kappa shape index (κ2) is 6.81. The summed E-state index contributed by atoms with van der Waals surface area (Å²) in [6, 6.07) is 5.47. The van der Waals surface area contributed by atoms with Crippen molar-refractivity contribution in [3.63, 3.8) is 0 Å². The molecule has 6 heteroatoms. The average Bonchev–Trinajstić information content (AvgIpc) is 3.00. The molecule has 0 saturated heterocycles. The molecule has 2 aromatic rings. The molecule has 0 amide bonds. The van der Waals surface area contributed by atoms with Crippen LogP contribution in [0.1, 0.15) is 11.3 Å². The van der Waals surface area contributed by atoms with Crippen molar-refractivity contribution in [2.24, 2.45) is 0 Å². The van der Waals surface area contributed by atoms with Crippen molar-refractivity contribution in [1.82, 2.24) is 10.5 Å². The van der Waals surface area contributed by atoms with Gasteiger partial charge in [0.2, 0.25) is 0 Å². The Hall–Kier alpha value is -2.21. The monoisotopic (exact) mass is 278 g/mol. The molecule has 0 spiro atoms. The van der Waals surface area contributed by atoms with Crippen molar-refractivity contribution in [2.75, 3.05) is 21.3 Å². The minimum Gasteiger partial charge on any atom is -0.496 e. The Morgan fingerprint density at radius 3 is 2.25 bits per heavy atom. The number of aromatic nitrogens is 1. The largest absolute Gasteiger partial charge is 0.496 e. The van der Waals surface area contributed by atoms with Crippen LogP contribution in [-0.2, 0) is 13.1 Å². The van der Waals surface area contributed by atoms with Gasteiger partial charge in [-0.25, -0.2) is 0 Å². The highest BCUT2D eigenvalue weighted by Gasteiger charge is 2.13. The molecule has 0 saturated carbocycles. The summed E-state index contributed by atoms with van der Waals surface area (Å²) < 4.78 is 21.0. The molecular formula is C14H18N2O4. The van der Waals surface area contributed by atoms with Gasteiger partial charge in [0.05, 0.1) is 39.6 Å². The minimum absolute atomic E-state index is 0.580. The van der Waals surface area contributed by atoms with Gasteiger partial charge in [-0.15, -0.1) is 0 Å². The maximum absolute atomic E-state index is 5.38. The molecule has 0 bridgehead atoms. The molecule has 1 aromatic carbocycles. The number of benzene rings is 1. The van der Waals surface area contributed by atoms with Crippen LogP contribution in [0, 0.1) is 0 Å². The summed E-state index contributed by atoms with van der Waals surface area (Å²) >= 11 is 0. The van der Waals surface area contributed by atoms with Crippen molar-refractivity contribution in [3.8, 4) is 17.2 Å². The van der Waals surface area contributed by atoms with Gasteiger partial charge in [-0.05, 0) is 0 Å². The normalized spacial score (nSPS) is 10.3. The molecule has 0 unspecified atom stereocenters. The molecule has 0 fully saturated rings. The summed E-state index contributed by atoms with van der Waals surface area (Å²) in [7, 11) is 4.85. The molecule has 0 aliphatic rings. The van der Waals surface area contributed by atoms with Crippen LogP contribution in [0.15, 0.2) is 28.9 Å². The van der Waals surface area contributed by atoms with Gasteiger partial charge in [0, 0.05) is 24.7 Å². The molecule has 1 aromatic heterocycles. The van der Waals surface area contributed by atoms with E-state index in [1.54, 1.807) is 27.5 Å². The van der Waals surface area contributed by atoms with E-state index in [0.717, 1.165) is 11.3 Å². The molecule has 20 heavy (non-hydrogen) atoms. The van der Waals surface area contributed by atoms with Crippen molar-refractivity contribution in [2.45, 2.75) is 13.1 Å². The van der Waals surface area contributed by atoms with Crippen LogP contribution in [-0.4, -0.2) is 26.5 Å². The van der Waals surface area contributed by atoms with E-state index >= 15 is 0 Å². The molecule has 2 rings (SSSR count). The SMILES string of the molecule is COc1cc(OC)c(CNCc2ccno2)c(OC)c1. The highest BCUT2D eigenvalue weighted by molar-refractivity contribution is 5.50. The zero-order chi connectivity index (χ0) is 14.4. The number of rotatable bonds is 7. The first kappa shape index (κ1) is 14.2. The van der Waals surface area contributed by atoms with E-state index < -0.39 is 0 Å². The summed E-state index contributed by atoms with van der Waals surface area (Å²) in [5, 5.41) is 6.91. The van der Waals surface area contributed by atoms with Crippen LogP contribution >= 0.6 is 0 Å². The standard InChI is InChI=1S/C14H18N2O4/c1-17-11-6-13(18-2)12(14(7-11)19-3)9-15-8-10-4-5-16-20-10/h4-7,15H,8-9H2,1-3H3. The predicted octanol–water partition coefficient (Wildman–Crippen LogP) is 1.99. The van der Waals surface area contributed by atoms with E-state index in [9.17, 15) is 0 Å². The van der Waals surface area contributed by atoms with E-state index in [2.05, 4.69) is 10.5 Å². The third-order valence-corrected chi connectivity index (χ3v) is 2.91. The molecule has 1 N–H and O–H groups in total. The van der Waals surface area contributed by atoms with Gasteiger partial charge in [0.1, 0.15) is 23.0 Å². The topological polar surface area (TPSA) is 65.8 Å². The maximum Gasteiger partial charge on any atom is 0.150 e. The van der Waals surface area contributed by atoms with Gasteiger partial charge in [-0.2, -0.15) is 0 Å². The van der Waals surface area contributed by atoms with Gasteiger partial charge in [-0.1, -0.05) is 5.16 Å². The van der Waals surface area contributed by atoms with Crippen LogP contribution < -0.4 is 19.5 Å². The van der Waals surface area contributed by atoms with Gasteiger partial charge < -0.3 is 24.1 Å². The third-order valence-electron chi connectivity index (χ3n) is 2.91. The lowest BCUT2D eigenvalue weighted by Crippen LogP contribution is -2.14. The number of nitrogens with one attached hydrogen (secondary N) is 1. The number of hydrogen-bond acceptors (Lipinski definition) is 6. The summed E-state index contributed by atoms with van der Waals surface area (Å²) in [4.78, 5) is 0. The Bertz CT molecular complexity index is 515. The van der Waals surface area contributed by atoms with E-state index in [-0.39, 0.29) is 0 Å². The quantitative estimate of drug-likeness (QED) is 0.835. The number of ether oxygens (including phenoxy) is 3. The van der Waals surface area contributed by atoms with E-state index in [1.807, 2.05) is 18.2 Å². The fourth-order valence-electron chi connectivity index (χ4n) is 1.90.